The molecule has 0 amide bonds. The van der Waals surface area contributed by atoms with Gasteiger partial charge in [0, 0.05) is 5.54 Å². The minimum absolute atomic E-state index is 0.119. The van der Waals surface area contributed by atoms with Crippen molar-refractivity contribution in [2.45, 2.75) is 31.2 Å². The Morgan fingerprint density at radius 3 is 2.39 bits per heavy atom. The molecule has 0 radical (unpaired) electrons. The third-order valence-corrected chi connectivity index (χ3v) is 4.09. The highest BCUT2D eigenvalue weighted by molar-refractivity contribution is 5.35. The molecule has 92 valence electrons. The molecule has 1 nitrogen and oxygen atoms in total. The Kier molecular flexibility index (Phi) is 2.71. The van der Waals surface area contributed by atoms with Crippen molar-refractivity contribution in [2.75, 3.05) is 0 Å². The highest BCUT2D eigenvalue weighted by Crippen LogP contribution is 2.48. The summed E-state index contributed by atoms with van der Waals surface area (Å²) in [4.78, 5) is 0. The van der Waals surface area contributed by atoms with E-state index in [1.165, 1.54) is 16.7 Å². The topological polar surface area (TPSA) is 26.0 Å². The minimum Gasteiger partial charge on any atom is -0.321 e. The van der Waals surface area contributed by atoms with Crippen molar-refractivity contribution >= 4 is 0 Å². The SMILES string of the molecule is Cc1cccc(C2(N)CC(c3ccccc3)C2)c1. The van der Waals surface area contributed by atoms with Gasteiger partial charge in [-0.3, -0.25) is 0 Å². The van der Waals surface area contributed by atoms with Gasteiger partial charge in [0.1, 0.15) is 0 Å². The fraction of sp³-hybridized carbons (Fsp3) is 0.294. The lowest BCUT2D eigenvalue weighted by molar-refractivity contribution is 0.209. The van der Waals surface area contributed by atoms with Gasteiger partial charge in [0.05, 0.1) is 0 Å². The van der Waals surface area contributed by atoms with E-state index in [0.717, 1.165) is 12.8 Å². The Balaban J connectivity index is 1.78. The monoisotopic (exact) mass is 237 g/mol. The van der Waals surface area contributed by atoms with Crippen LogP contribution in [0.25, 0.3) is 0 Å². The molecule has 1 aliphatic rings. The van der Waals surface area contributed by atoms with Gasteiger partial charge < -0.3 is 5.73 Å². The van der Waals surface area contributed by atoms with Crippen LogP contribution in [0.4, 0.5) is 0 Å². The Labute approximate surface area is 109 Å². The van der Waals surface area contributed by atoms with Gasteiger partial charge in [0.2, 0.25) is 0 Å². The van der Waals surface area contributed by atoms with Crippen LogP contribution in [-0.2, 0) is 5.54 Å². The van der Waals surface area contributed by atoms with Gasteiger partial charge >= 0.3 is 0 Å². The standard InChI is InChI=1S/C17H19N/c1-13-6-5-9-16(10-13)17(18)11-15(12-17)14-7-3-2-4-8-14/h2-10,15H,11-12,18H2,1H3. The molecule has 2 aromatic rings. The minimum atomic E-state index is -0.119. The van der Waals surface area contributed by atoms with Gasteiger partial charge in [-0.2, -0.15) is 0 Å². The van der Waals surface area contributed by atoms with Crippen LogP contribution < -0.4 is 5.73 Å². The summed E-state index contributed by atoms with van der Waals surface area (Å²) >= 11 is 0. The van der Waals surface area contributed by atoms with Crippen LogP contribution in [0.3, 0.4) is 0 Å². The zero-order valence-corrected chi connectivity index (χ0v) is 10.8. The second-order valence-corrected chi connectivity index (χ2v) is 5.54. The van der Waals surface area contributed by atoms with Crippen molar-refractivity contribution < 1.29 is 0 Å². The average Bonchev–Trinajstić information content (AvgIpc) is 2.36. The van der Waals surface area contributed by atoms with Crippen LogP contribution in [0.1, 0.15) is 35.4 Å². The average molecular weight is 237 g/mol. The Morgan fingerprint density at radius 1 is 1.00 bits per heavy atom. The van der Waals surface area contributed by atoms with Crippen LogP contribution >= 0.6 is 0 Å². The molecule has 1 heteroatoms. The van der Waals surface area contributed by atoms with Gasteiger partial charge in [-0.25, -0.2) is 0 Å². The molecule has 1 fully saturated rings. The fourth-order valence-electron chi connectivity index (χ4n) is 2.97. The lowest BCUT2D eigenvalue weighted by Crippen LogP contribution is -2.47. The summed E-state index contributed by atoms with van der Waals surface area (Å²) in [6.07, 6.45) is 2.11. The molecule has 18 heavy (non-hydrogen) atoms. The maximum atomic E-state index is 6.52. The van der Waals surface area contributed by atoms with E-state index in [1.807, 2.05) is 0 Å². The van der Waals surface area contributed by atoms with E-state index in [2.05, 4.69) is 61.5 Å². The molecular formula is C17H19N. The molecular weight excluding hydrogens is 218 g/mol. The van der Waals surface area contributed by atoms with Crippen molar-refractivity contribution in [3.8, 4) is 0 Å². The van der Waals surface area contributed by atoms with E-state index in [-0.39, 0.29) is 5.54 Å². The number of aryl methyl sites for hydroxylation is 1. The summed E-state index contributed by atoms with van der Waals surface area (Å²) < 4.78 is 0. The summed E-state index contributed by atoms with van der Waals surface area (Å²) in [5.41, 5.74) is 10.4. The highest BCUT2D eigenvalue weighted by Gasteiger charge is 2.42. The first-order chi connectivity index (χ1) is 8.67. The third kappa shape index (κ3) is 1.95. The molecule has 0 aliphatic heterocycles. The van der Waals surface area contributed by atoms with Crippen molar-refractivity contribution in [1.82, 2.24) is 0 Å². The fourth-order valence-corrected chi connectivity index (χ4v) is 2.97. The Hall–Kier alpha value is -1.60. The van der Waals surface area contributed by atoms with Crippen LogP contribution in [0, 0.1) is 6.92 Å². The summed E-state index contributed by atoms with van der Waals surface area (Å²) in [6.45, 7) is 2.13. The molecule has 0 bridgehead atoms. The van der Waals surface area contributed by atoms with Gasteiger partial charge in [-0.1, -0.05) is 60.2 Å². The molecule has 0 unspecified atom stereocenters. The van der Waals surface area contributed by atoms with Crippen molar-refractivity contribution in [2.24, 2.45) is 5.73 Å². The number of rotatable bonds is 2. The van der Waals surface area contributed by atoms with Crippen molar-refractivity contribution in [3.63, 3.8) is 0 Å². The Bertz CT molecular complexity index is 539. The predicted molar refractivity (Wildman–Crippen MR) is 75.5 cm³/mol. The molecule has 0 spiro atoms. The Morgan fingerprint density at radius 2 is 1.72 bits per heavy atom. The molecule has 0 aromatic heterocycles. The maximum Gasteiger partial charge on any atom is 0.0421 e. The van der Waals surface area contributed by atoms with Gasteiger partial charge in [0.25, 0.3) is 0 Å². The molecule has 0 saturated heterocycles. The molecule has 2 N–H and O–H groups in total. The van der Waals surface area contributed by atoms with Gasteiger partial charge in [0.15, 0.2) is 0 Å². The van der Waals surface area contributed by atoms with E-state index in [0.29, 0.717) is 5.92 Å². The van der Waals surface area contributed by atoms with E-state index in [4.69, 9.17) is 5.73 Å². The summed E-state index contributed by atoms with van der Waals surface area (Å²) in [5, 5.41) is 0. The number of nitrogens with two attached hydrogens (primary N) is 1. The number of hydrogen-bond donors (Lipinski definition) is 1. The van der Waals surface area contributed by atoms with Crippen LogP contribution in [-0.4, -0.2) is 0 Å². The van der Waals surface area contributed by atoms with Gasteiger partial charge in [-0.15, -0.1) is 0 Å². The van der Waals surface area contributed by atoms with Crippen molar-refractivity contribution in [1.29, 1.82) is 0 Å². The lowest BCUT2D eigenvalue weighted by Gasteiger charge is -2.46. The van der Waals surface area contributed by atoms with E-state index in [1.54, 1.807) is 0 Å². The molecule has 1 saturated carbocycles. The first kappa shape index (κ1) is 11.5. The van der Waals surface area contributed by atoms with Crippen LogP contribution in [0.2, 0.25) is 0 Å². The summed E-state index contributed by atoms with van der Waals surface area (Å²) in [6, 6.07) is 19.3. The van der Waals surface area contributed by atoms with Gasteiger partial charge in [-0.05, 0) is 36.8 Å². The summed E-state index contributed by atoms with van der Waals surface area (Å²) in [7, 11) is 0. The van der Waals surface area contributed by atoms with Crippen molar-refractivity contribution in [3.05, 3.63) is 71.3 Å². The molecule has 3 rings (SSSR count). The second-order valence-electron chi connectivity index (χ2n) is 5.54. The zero-order valence-electron chi connectivity index (χ0n) is 10.8. The molecule has 0 heterocycles. The van der Waals surface area contributed by atoms with E-state index < -0.39 is 0 Å². The van der Waals surface area contributed by atoms with Crippen LogP contribution in [0.15, 0.2) is 54.6 Å². The maximum absolute atomic E-state index is 6.52. The smallest absolute Gasteiger partial charge is 0.0421 e. The first-order valence-electron chi connectivity index (χ1n) is 6.58. The third-order valence-electron chi connectivity index (χ3n) is 4.09. The van der Waals surface area contributed by atoms with E-state index in [9.17, 15) is 0 Å². The van der Waals surface area contributed by atoms with E-state index >= 15 is 0 Å². The summed E-state index contributed by atoms with van der Waals surface area (Å²) in [5.74, 6) is 0.622. The largest absolute Gasteiger partial charge is 0.321 e. The first-order valence-corrected chi connectivity index (χ1v) is 6.58. The highest BCUT2D eigenvalue weighted by atomic mass is 14.8. The lowest BCUT2D eigenvalue weighted by atomic mass is 9.63. The predicted octanol–water partition coefficient (Wildman–Crippen LogP) is 3.73. The molecule has 2 aromatic carbocycles. The molecule has 0 atom stereocenters. The quantitative estimate of drug-likeness (QED) is 0.846. The second kappa shape index (κ2) is 4.25. The van der Waals surface area contributed by atoms with Crippen LogP contribution in [0.5, 0.6) is 0 Å². The number of benzene rings is 2. The number of hydrogen-bond acceptors (Lipinski definition) is 1. The normalized spacial score (nSPS) is 26.7. The molecule has 1 aliphatic carbocycles. The zero-order chi connectivity index (χ0) is 12.6.